The molecule has 0 amide bonds. The van der Waals surface area contributed by atoms with Crippen LogP contribution in [-0.4, -0.2) is 17.3 Å². The molecule has 1 aromatic heterocycles. The van der Waals surface area contributed by atoms with Crippen molar-refractivity contribution in [1.82, 2.24) is 10.2 Å². The van der Waals surface area contributed by atoms with Gasteiger partial charge in [-0.05, 0) is 24.3 Å². The molecule has 1 heterocycles. The van der Waals surface area contributed by atoms with E-state index in [0.717, 1.165) is 11.4 Å². The number of nitrogens with zero attached hydrogens (tertiary/aromatic N) is 2. The fourth-order valence-electron chi connectivity index (χ4n) is 1.25. The fourth-order valence-corrected chi connectivity index (χ4v) is 1.25. The molecule has 4 heteroatoms. The number of ether oxygens (including phenoxy) is 1. The molecule has 1 N–H and O–H groups in total. The molecule has 4 nitrogen and oxygen atoms in total. The minimum Gasteiger partial charge on any atom is -0.495 e. The smallest absolute Gasteiger partial charge is 0.153 e. The van der Waals surface area contributed by atoms with Gasteiger partial charge < -0.3 is 10.1 Å². The molecule has 0 aliphatic carbocycles. The van der Waals surface area contributed by atoms with Crippen molar-refractivity contribution >= 4 is 11.5 Å². The Morgan fingerprint density at radius 3 is 2.73 bits per heavy atom. The number of hydrogen-bond donors (Lipinski definition) is 1. The molecule has 2 rings (SSSR count). The molecule has 0 unspecified atom stereocenters. The van der Waals surface area contributed by atoms with Gasteiger partial charge >= 0.3 is 0 Å². The van der Waals surface area contributed by atoms with Crippen LogP contribution in [0.15, 0.2) is 42.6 Å². The number of anilines is 2. The summed E-state index contributed by atoms with van der Waals surface area (Å²) >= 11 is 0. The molecule has 0 atom stereocenters. The summed E-state index contributed by atoms with van der Waals surface area (Å²) in [4.78, 5) is 0. The molecule has 2 aromatic rings. The second-order valence-electron chi connectivity index (χ2n) is 2.93. The first-order valence-electron chi connectivity index (χ1n) is 4.58. The van der Waals surface area contributed by atoms with Crippen LogP contribution < -0.4 is 10.1 Å². The Balaban J connectivity index is 2.24. The predicted molar refractivity (Wildman–Crippen MR) is 58.3 cm³/mol. The molecule has 0 aliphatic rings. The van der Waals surface area contributed by atoms with Crippen molar-refractivity contribution in [3.63, 3.8) is 0 Å². The van der Waals surface area contributed by atoms with Crippen molar-refractivity contribution in [2.45, 2.75) is 0 Å². The van der Waals surface area contributed by atoms with Crippen LogP contribution in [0.2, 0.25) is 0 Å². The van der Waals surface area contributed by atoms with Crippen molar-refractivity contribution in [2.24, 2.45) is 0 Å². The Hall–Kier alpha value is -2.10. The van der Waals surface area contributed by atoms with Crippen molar-refractivity contribution < 1.29 is 4.74 Å². The average Bonchev–Trinajstić information content (AvgIpc) is 2.31. The van der Waals surface area contributed by atoms with E-state index in [-0.39, 0.29) is 0 Å². The zero-order chi connectivity index (χ0) is 10.5. The number of methoxy groups -OCH3 is 1. The zero-order valence-corrected chi connectivity index (χ0v) is 8.34. The van der Waals surface area contributed by atoms with Crippen molar-refractivity contribution in [1.29, 1.82) is 0 Å². The summed E-state index contributed by atoms with van der Waals surface area (Å²) in [5.74, 6) is 1.48. The molecule has 0 saturated heterocycles. The van der Waals surface area contributed by atoms with Gasteiger partial charge in [0.1, 0.15) is 5.75 Å². The molecular weight excluding hydrogens is 190 g/mol. The van der Waals surface area contributed by atoms with Crippen LogP contribution in [0.1, 0.15) is 0 Å². The second kappa shape index (κ2) is 4.41. The zero-order valence-electron chi connectivity index (χ0n) is 8.34. The van der Waals surface area contributed by atoms with Gasteiger partial charge in [-0.2, -0.15) is 5.10 Å². The monoisotopic (exact) mass is 201 g/mol. The molecule has 1 aromatic carbocycles. The lowest BCUT2D eigenvalue weighted by Gasteiger charge is -2.08. The first-order chi connectivity index (χ1) is 7.40. The first kappa shape index (κ1) is 9.45. The largest absolute Gasteiger partial charge is 0.495 e. The molecule has 0 saturated carbocycles. The molecule has 0 aliphatic heterocycles. The highest BCUT2D eigenvalue weighted by molar-refractivity contribution is 5.63. The third-order valence-electron chi connectivity index (χ3n) is 1.94. The van der Waals surface area contributed by atoms with Gasteiger partial charge in [-0.1, -0.05) is 12.1 Å². The minimum atomic E-state index is 0.696. The Morgan fingerprint density at radius 2 is 2.00 bits per heavy atom. The lowest BCUT2D eigenvalue weighted by atomic mass is 10.3. The molecule has 76 valence electrons. The van der Waals surface area contributed by atoms with Crippen LogP contribution in [0.4, 0.5) is 11.5 Å². The van der Waals surface area contributed by atoms with Crippen LogP contribution in [0.25, 0.3) is 0 Å². The third kappa shape index (κ3) is 2.22. The number of hydrogen-bond acceptors (Lipinski definition) is 4. The number of para-hydroxylation sites is 2. The molecule has 0 bridgehead atoms. The van der Waals surface area contributed by atoms with E-state index in [1.807, 2.05) is 36.4 Å². The predicted octanol–water partition coefficient (Wildman–Crippen LogP) is 2.23. The summed E-state index contributed by atoms with van der Waals surface area (Å²) in [6.07, 6.45) is 1.63. The molecule has 15 heavy (non-hydrogen) atoms. The summed E-state index contributed by atoms with van der Waals surface area (Å²) in [5, 5.41) is 10.8. The van der Waals surface area contributed by atoms with Crippen molar-refractivity contribution in [2.75, 3.05) is 12.4 Å². The van der Waals surface area contributed by atoms with E-state index in [9.17, 15) is 0 Å². The van der Waals surface area contributed by atoms with E-state index in [0.29, 0.717) is 5.82 Å². The standard InChI is InChI=1S/C11H11N3O/c1-15-10-6-3-2-5-9(10)13-11-7-4-8-12-14-11/h2-8H,1H3,(H,13,14). The fraction of sp³-hybridized carbons (Fsp3) is 0.0909. The van der Waals surface area contributed by atoms with Crippen LogP contribution in [0, 0.1) is 0 Å². The number of rotatable bonds is 3. The lowest BCUT2D eigenvalue weighted by molar-refractivity contribution is 0.417. The molecular formula is C11H11N3O. The summed E-state index contributed by atoms with van der Waals surface area (Å²) in [6, 6.07) is 11.3. The van der Waals surface area contributed by atoms with Crippen molar-refractivity contribution in [3.8, 4) is 5.75 Å². The SMILES string of the molecule is COc1ccccc1Nc1cccnn1. The van der Waals surface area contributed by atoms with Gasteiger partial charge in [-0.25, -0.2) is 0 Å². The maximum atomic E-state index is 5.21. The lowest BCUT2D eigenvalue weighted by Crippen LogP contribution is -1.96. The Morgan fingerprint density at radius 1 is 1.13 bits per heavy atom. The topological polar surface area (TPSA) is 47.0 Å². The van der Waals surface area contributed by atoms with Crippen LogP contribution >= 0.6 is 0 Å². The normalized spacial score (nSPS) is 9.67. The minimum absolute atomic E-state index is 0.696. The average molecular weight is 201 g/mol. The Kier molecular flexibility index (Phi) is 2.78. The first-order valence-corrected chi connectivity index (χ1v) is 4.58. The van der Waals surface area contributed by atoms with E-state index < -0.39 is 0 Å². The van der Waals surface area contributed by atoms with E-state index in [2.05, 4.69) is 15.5 Å². The Bertz CT molecular complexity index is 431. The van der Waals surface area contributed by atoms with Gasteiger partial charge in [0, 0.05) is 6.20 Å². The van der Waals surface area contributed by atoms with Gasteiger partial charge in [-0.3, -0.25) is 0 Å². The number of aromatic nitrogens is 2. The second-order valence-corrected chi connectivity index (χ2v) is 2.93. The summed E-state index contributed by atoms with van der Waals surface area (Å²) < 4.78 is 5.21. The highest BCUT2D eigenvalue weighted by atomic mass is 16.5. The van der Waals surface area contributed by atoms with Crippen molar-refractivity contribution in [3.05, 3.63) is 42.6 Å². The maximum Gasteiger partial charge on any atom is 0.153 e. The summed E-state index contributed by atoms with van der Waals surface area (Å²) in [5.41, 5.74) is 0.875. The van der Waals surface area contributed by atoms with Crippen LogP contribution in [0.3, 0.4) is 0 Å². The summed E-state index contributed by atoms with van der Waals surface area (Å²) in [6.45, 7) is 0. The van der Waals surface area contributed by atoms with E-state index in [1.165, 1.54) is 0 Å². The van der Waals surface area contributed by atoms with Gasteiger partial charge in [0.05, 0.1) is 12.8 Å². The number of nitrogens with one attached hydrogen (secondary N) is 1. The molecule has 0 fully saturated rings. The van der Waals surface area contributed by atoms with E-state index >= 15 is 0 Å². The summed E-state index contributed by atoms with van der Waals surface area (Å²) in [7, 11) is 1.64. The van der Waals surface area contributed by atoms with Gasteiger partial charge in [0.25, 0.3) is 0 Å². The van der Waals surface area contributed by atoms with Crippen LogP contribution in [0.5, 0.6) is 5.75 Å². The number of benzene rings is 1. The van der Waals surface area contributed by atoms with Crippen LogP contribution in [-0.2, 0) is 0 Å². The molecule has 0 spiro atoms. The quantitative estimate of drug-likeness (QED) is 0.827. The highest BCUT2D eigenvalue weighted by Crippen LogP contribution is 2.25. The van der Waals surface area contributed by atoms with Gasteiger partial charge in [0.2, 0.25) is 0 Å². The van der Waals surface area contributed by atoms with E-state index in [4.69, 9.17) is 4.74 Å². The maximum absolute atomic E-state index is 5.21. The van der Waals surface area contributed by atoms with E-state index in [1.54, 1.807) is 13.3 Å². The molecule has 0 radical (unpaired) electrons. The third-order valence-corrected chi connectivity index (χ3v) is 1.94. The Labute approximate surface area is 87.9 Å². The van der Waals surface area contributed by atoms with Gasteiger partial charge in [-0.15, -0.1) is 5.10 Å². The highest BCUT2D eigenvalue weighted by Gasteiger charge is 2.01. The van der Waals surface area contributed by atoms with Gasteiger partial charge in [0.15, 0.2) is 5.82 Å².